The highest BCUT2D eigenvalue weighted by molar-refractivity contribution is 6.30. The second kappa shape index (κ2) is 9.90. The predicted octanol–water partition coefficient (Wildman–Crippen LogP) is 6.50. The molecule has 1 heterocycles. The van der Waals surface area contributed by atoms with Gasteiger partial charge in [0.05, 0.1) is 11.9 Å². The highest BCUT2D eigenvalue weighted by atomic mass is 35.5. The lowest BCUT2D eigenvalue weighted by molar-refractivity contribution is 0.0694. The Hall–Kier alpha value is -4.30. The van der Waals surface area contributed by atoms with Crippen LogP contribution in [0.5, 0.6) is 11.5 Å². The summed E-state index contributed by atoms with van der Waals surface area (Å²) in [7, 11) is 1.84. The minimum atomic E-state index is -1.36. The highest BCUT2D eigenvalue weighted by Crippen LogP contribution is 2.29. The number of pyridine rings is 1. The van der Waals surface area contributed by atoms with Crippen molar-refractivity contribution in [2.45, 2.75) is 0 Å². The van der Waals surface area contributed by atoms with Gasteiger partial charge in [-0.2, -0.15) is 0 Å². The van der Waals surface area contributed by atoms with Gasteiger partial charge in [0.2, 0.25) is 5.78 Å². The van der Waals surface area contributed by atoms with Gasteiger partial charge in [-0.25, -0.2) is 13.6 Å². The number of aromatic carboxylic acids is 1. The van der Waals surface area contributed by atoms with Crippen molar-refractivity contribution >= 4 is 34.7 Å². The maximum atomic E-state index is 13.5. The molecule has 0 unspecified atom stereocenters. The van der Waals surface area contributed by atoms with Gasteiger partial charge in [-0.3, -0.25) is 9.78 Å². The van der Waals surface area contributed by atoms with Gasteiger partial charge in [0.15, 0.2) is 11.6 Å². The molecule has 176 valence electrons. The molecular weight excluding hydrogens is 478 g/mol. The molecule has 3 aromatic carbocycles. The number of nitrogens with zero attached hydrogens (tertiary/aromatic N) is 2. The monoisotopic (exact) mass is 494 g/mol. The Morgan fingerprint density at radius 1 is 0.914 bits per heavy atom. The van der Waals surface area contributed by atoms with Gasteiger partial charge < -0.3 is 14.7 Å². The number of ketones is 1. The third kappa shape index (κ3) is 5.28. The standard InChI is InChI=1S/C26H17ClF2N2O4/c1-31(17-5-3-16(27)4-6-17)18-7-10-23(30-14-18)25(32)15-2-11-24(20(12-15)26(33)34)35-19-8-9-21(28)22(29)13-19/h2-14H,1H3,(H,33,34). The van der Waals surface area contributed by atoms with E-state index in [1.807, 2.05) is 24.1 Å². The first-order valence-corrected chi connectivity index (χ1v) is 10.6. The highest BCUT2D eigenvalue weighted by Gasteiger charge is 2.19. The summed E-state index contributed by atoms with van der Waals surface area (Å²) in [6, 6.07) is 17.1. The summed E-state index contributed by atoms with van der Waals surface area (Å²) in [6.45, 7) is 0. The van der Waals surface area contributed by atoms with Crippen LogP contribution >= 0.6 is 11.6 Å². The van der Waals surface area contributed by atoms with Crippen molar-refractivity contribution < 1.29 is 28.2 Å². The summed E-state index contributed by atoms with van der Waals surface area (Å²) in [5.41, 5.74) is 1.47. The third-order valence-electron chi connectivity index (χ3n) is 5.17. The second-order valence-corrected chi connectivity index (χ2v) is 7.90. The molecule has 1 N–H and O–H groups in total. The van der Waals surface area contributed by atoms with E-state index in [0.717, 1.165) is 35.6 Å². The molecule has 0 atom stereocenters. The first-order valence-electron chi connectivity index (χ1n) is 10.2. The Morgan fingerprint density at radius 3 is 2.26 bits per heavy atom. The van der Waals surface area contributed by atoms with Crippen molar-refractivity contribution in [3.05, 3.63) is 112 Å². The maximum Gasteiger partial charge on any atom is 0.339 e. The fraction of sp³-hybridized carbons (Fsp3) is 0.0385. The van der Waals surface area contributed by atoms with E-state index in [4.69, 9.17) is 16.3 Å². The second-order valence-electron chi connectivity index (χ2n) is 7.46. The zero-order valence-corrected chi connectivity index (χ0v) is 19.0. The van der Waals surface area contributed by atoms with E-state index in [9.17, 15) is 23.5 Å². The molecular formula is C26H17ClF2N2O4. The topological polar surface area (TPSA) is 79.7 Å². The predicted molar refractivity (Wildman–Crippen MR) is 127 cm³/mol. The van der Waals surface area contributed by atoms with Crippen molar-refractivity contribution in [2.75, 3.05) is 11.9 Å². The van der Waals surface area contributed by atoms with E-state index in [-0.39, 0.29) is 28.3 Å². The molecule has 0 spiro atoms. The Kier molecular flexibility index (Phi) is 6.75. The molecule has 0 aliphatic heterocycles. The van der Waals surface area contributed by atoms with Crippen molar-refractivity contribution in [3.8, 4) is 11.5 Å². The van der Waals surface area contributed by atoms with Gasteiger partial charge in [-0.15, -0.1) is 0 Å². The van der Waals surface area contributed by atoms with E-state index < -0.39 is 23.4 Å². The minimum absolute atomic E-state index is 0.0753. The van der Waals surface area contributed by atoms with Crippen molar-refractivity contribution in [1.82, 2.24) is 4.98 Å². The number of ether oxygens (including phenoxy) is 1. The molecule has 0 amide bonds. The van der Waals surface area contributed by atoms with E-state index in [0.29, 0.717) is 5.02 Å². The first kappa shape index (κ1) is 23.8. The summed E-state index contributed by atoms with van der Waals surface area (Å²) in [4.78, 5) is 30.8. The Labute approximate surface area is 204 Å². The summed E-state index contributed by atoms with van der Waals surface area (Å²) >= 11 is 5.93. The average Bonchev–Trinajstić information content (AvgIpc) is 2.86. The van der Waals surface area contributed by atoms with Crippen LogP contribution in [-0.4, -0.2) is 28.9 Å². The number of benzene rings is 3. The number of anilines is 2. The molecule has 0 saturated heterocycles. The smallest absolute Gasteiger partial charge is 0.339 e. The maximum absolute atomic E-state index is 13.5. The molecule has 4 rings (SSSR count). The summed E-state index contributed by atoms with van der Waals surface area (Å²) in [5.74, 6) is -4.27. The summed E-state index contributed by atoms with van der Waals surface area (Å²) in [6.07, 6.45) is 1.53. The quantitative estimate of drug-likeness (QED) is 0.295. The van der Waals surface area contributed by atoms with E-state index in [1.165, 1.54) is 24.4 Å². The zero-order valence-electron chi connectivity index (χ0n) is 18.2. The molecule has 9 heteroatoms. The lowest BCUT2D eigenvalue weighted by Gasteiger charge is -2.19. The van der Waals surface area contributed by atoms with Crippen molar-refractivity contribution in [2.24, 2.45) is 0 Å². The third-order valence-corrected chi connectivity index (χ3v) is 5.42. The van der Waals surface area contributed by atoms with Gasteiger partial charge in [0.1, 0.15) is 22.8 Å². The minimum Gasteiger partial charge on any atom is -0.478 e. The Morgan fingerprint density at radius 2 is 1.63 bits per heavy atom. The van der Waals surface area contributed by atoms with Crippen LogP contribution in [0.3, 0.4) is 0 Å². The van der Waals surface area contributed by atoms with Crippen LogP contribution in [0.1, 0.15) is 26.4 Å². The number of carbonyl (C=O) groups excluding carboxylic acids is 1. The van der Waals surface area contributed by atoms with Gasteiger partial charge in [-0.1, -0.05) is 11.6 Å². The van der Waals surface area contributed by atoms with E-state index >= 15 is 0 Å². The van der Waals surface area contributed by atoms with Crippen LogP contribution < -0.4 is 9.64 Å². The molecule has 1 aromatic heterocycles. The number of carboxylic acids is 1. The number of hydrogen-bond donors (Lipinski definition) is 1. The van der Waals surface area contributed by atoms with Gasteiger partial charge in [-0.05, 0) is 66.7 Å². The van der Waals surface area contributed by atoms with Crippen LogP contribution in [-0.2, 0) is 0 Å². The Bertz CT molecular complexity index is 1410. The lowest BCUT2D eigenvalue weighted by Crippen LogP contribution is -2.11. The molecule has 0 bridgehead atoms. The van der Waals surface area contributed by atoms with E-state index in [1.54, 1.807) is 18.2 Å². The number of carbonyl (C=O) groups is 2. The lowest BCUT2D eigenvalue weighted by atomic mass is 10.0. The zero-order chi connectivity index (χ0) is 25.1. The van der Waals surface area contributed by atoms with Crippen LogP contribution in [0.4, 0.5) is 20.2 Å². The number of hydrogen-bond acceptors (Lipinski definition) is 5. The van der Waals surface area contributed by atoms with Crippen LogP contribution in [0.25, 0.3) is 0 Å². The number of aromatic nitrogens is 1. The summed E-state index contributed by atoms with van der Waals surface area (Å²) in [5, 5.41) is 10.2. The van der Waals surface area contributed by atoms with Crippen molar-refractivity contribution in [3.63, 3.8) is 0 Å². The molecule has 4 aromatic rings. The molecule has 0 aliphatic carbocycles. The molecule has 0 radical (unpaired) electrons. The summed E-state index contributed by atoms with van der Waals surface area (Å²) < 4.78 is 32.0. The molecule has 0 aliphatic rings. The largest absolute Gasteiger partial charge is 0.478 e. The van der Waals surface area contributed by atoms with Crippen molar-refractivity contribution in [1.29, 1.82) is 0 Å². The van der Waals surface area contributed by atoms with Gasteiger partial charge in [0.25, 0.3) is 0 Å². The van der Waals surface area contributed by atoms with Gasteiger partial charge >= 0.3 is 5.97 Å². The average molecular weight is 495 g/mol. The number of rotatable bonds is 7. The molecule has 6 nitrogen and oxygen atoms in total. The SMILES string of the molecule is CN(c1ccc(Cl)cc1)c1ccc(C(=O)c2ccc(Oc3ccc(F)c(F)c3)c(C(=O)O)c2)nc1. The molecule has 0 saturated carbocycles. The Balaban J connectivity index is 1.56. The molecule has 0 fully saturated rings. The van der Waals surface area contributed by atoms with E-state index in [2.05, 4.69) is 4.98 Å². The fourth-order valence-electron chi connectivity index (χ4n) is 3.28. The van der Waals surface area contributed by atoms with Crippen LogP contribution in [0.15, 0.2) is 79.0 Å². The number of carboxylic acid groups (broad SMARTS) is 1. The molecule has 35 heavy (non-hydrogen) atoms. The van der Waals surface area contributed by atoms with Crippen LogP contribution in [0, 0.1) is 11.6 Å². The fourth-order valence-corrected chi connectivity index (χ4v) is 3.40. The first-order chi connectivity index (χ1) is 16.7. The normalized spacial score (nSPS) is 10.6. The number of halogens is 3. The van der Waals surface area contributed by atoms with Gasteiger partial charge in [0, 0.05) is 29.4 Å². The van der Waals surface area contributed by atoms with Crippen LogP contribution in [0.2, 0.25) is 5.02 Å².